The predicted octanol–water partition coefficient (Wildman–Crippen LogP) is 3.50. The molecule has 0 saturated carbocycles. The lowest BCUT2D eigenvalue weighted by Crippen LogP contribution is -2.00. The first-order valence-corrected chi connectivity index (χ1v) is 6.12. The molecule has 0 aliphatic heterocycles. The molecule has 2 aromatic rings. The lowest BCUT2D eigenvalue weighted by atomic mass is 10.0. The minimum atomic E-state index is -1.10. The van der Waals surface area contributed by atoms with E-state index >= 15 is 0 Å². The van der Waals surface area contributed by atoms with Gasteiger partial charge in [0.05, 0.1) is 12.2 Å². The normalized spacial score (nSPS) is 10.2. The first kappa shape index (κ1) is 13.4. The van der Waals surface area contributed by atoms with Crippen molar-refractivity contribution in [3.05, 3.63) is 47.2 Å². The average molecular weight is 278 g/mol. The number of hydrogen-bond acceptors (Lipinski definition) is 3. The molecule has 4 nitrogen and oxygen atoms in total. The number of carbonyl (C=O) groups is 1. The van der Waals surface area contributed by atoms with Crippen LogP contribution in [0.2, 0.25) is 5.15 Å². The fourth-order valence-corrected chi connectivity index (χ4v) is 1.92. The van der Waals surface area contributed by atoms with E-state index in [-0.39, 0.29) is 10.7 Å². The van der Waals surface area contributed by atoms with Gasteiger partial charge in [0, 0.05) is 17.3 Å². The zero-order valence-electron chi connectivity index (χ0n) is 10.3. The molecular formula is C14H12ClNO3. The molecule has 0 fully saturated rings. The standard InChI is InChI=1S/C14H12ClNO3/c1-2-19-12-6-4-3-5-10(12)9-7-11(14(17)18)13(15)16-8-9/h3-8H,2H2,1H3,(H,17,18). The Morgan fingerprint density at radius 2 is 2.16 bits per heavy atom. The maximum Gasteiger partial charge on any atom is 0.338 e. The third-order valence-electron chi connectivity index (χ3n) is 2.57. The second-order valence-corrected chi connectivity index (χ2v) is 4.15. The Bertz CT molecular complexity index is 613. The zero-order valence-corrected chi connectivity index (χ0v) is 11.0. The van der Waals surface area contributed by atoms with Crippen LogP contribution in [0, 0.1) is 0 Å². The highest BCUT2D eigenvalue weighted by molar-refractivity contribution is 6.32. The summed E-state index contributed by atoms with van der Waals surface area (Å²) in [6.45, 7) is 2.42. The number of nitrogens with zero attached hydrogens (tertiary/aromatic N) is 1. The Morgan fingerprint density at radius 1 is 1.42 bits per heavy atom. The fourth-order valence-electron chi connectivity index (χ4n) is 1.73. The Hall–Kier alpha value is -2.07. The van der Waals surface area contributed by atoms with Crippen molar-refractivity contribution in [1.82, 2.24) is 4.98 Å². The molecule has 0 saturated heterocycles. The van der Waals surface area contributed by atoms with E-state index < -0.39 is 5.97 Å². The van der Waals surface area contributed by atoms with E-state index in [0.29, 0.717) is 17.9 Å². The van der Waals surface area contributed by atoms with E-state index in [1.165, 1.54) is 12.3 Å². The summed E-state index contributed by atoms with van der Waals surface area (Å²) < 4.78 is 5.51. The molecule has 0 bridgehead atoms. The van der Waals surface area contributed by atoms with Crippen LogP contribution >= 0.6 is 11.6 Å². The lowest BCUT2D eigenvalue weighted by molar-refractivity contribution is 0.0696. The van der Waals surface area contributed by atoms with Gasteiger partial charge in [-0.25, -0.2) is 9.78 Å². The summed E-state index contributed by atoms with van der Waals surface area (Å²) in [5.41, 5.74) is 1.42. The summed E-state index contributed by atoms with van der Waals surface area (Å²) in [6, 6.07) is 8.88. The topological polar surface area (TPSA) is 59.4 Å². The van der Waals surface area contributed by atoms with Crippen LogP contribution in [0.4, 0.5) is 0 Å². The monoisotopic (exact) mass is 277 g/mol. The van der Waals surface area contributed by atoms with Gasteiger partial charge in [-0.05, 0) is 19.1 Å². The number of aromatic carboxylic acids is 1. The van der Waals surface area contributed by atoms with Crippen LogP contribution in [0.15, 0.2) is 36.5 Å². The molecule has 98 valence electrons. The smallest absolute Gasteiger partial charge is 0.338 e. The summed E-state index contributed by atoms with van der Waals surface area (Å²) in [4.78, 5) is 15.0. The number of ether oxygens (including phenoxy) is 1. The van der Waals surface area contributed by atoms with Crippen molar-refractivity contribution in [3.8, 4) is 16.9 Å². The van der Waals surface area contributed by atoms with Gasteiger partial charge >= 0.3 is 5.97 Å². The van der Waals surface area contributed by atoms with Gasteiger partial charge in [-0.1, -0.05) is 29.8 Å². The largest absolute Gasteiger partial charge is 0.493 e. The Morgan fingerprint density at radius 3 is 2.84 bits per heavy atom. The number of carboxylic acids is 1. The Labute approximate surface area is 115 Å². The first-order chi connectivity index (χ1) is 9.13. The molecule has 2 rings (SSSR count). The Balaban J connectivity index is 2.53. The van der Waals surface area contributed by atoms with Gasteiger partial charge in [-0.15, -0.1) is 0 Å². The number of hydrogen-bond donors (Lipinski definition) is 1. The van der Waals surface area contributed by atoms with Gasteiger partial charge in [0.25, 0.3) is 0 Å². The molecule has 0 radical (unpaired) electrons. The van der Waals surface area contributed by atoms with Crippen molar-refractivity contribution in [3.63, 3.8) is 0 Å². The van der Waals surface area contributed by atoms with Gasteiger partial charge < -0.3 is 9.84 Å². The maximum atomic E-state index is 11.1. The summed E-state index contributed by atoms with van der Waals surface area (Å²) >= 11 is 5.76. The van der Waals surface area contributed by atoms with Crippen molar-refractivity contribution in [2.75, 3.05) is 6.61 Å². The quantitative estimate of drug-likeness (QED) is 0.869. The molecule has 0 aliphatic carbocycles. The van der Waals surface area contributed by atoms with Gasteiger partial charge in [-0.2, -0.15) is 0 Å². The molecule has 1 heterocycles. The van der Waals surface area contributed by atoms with E-state index in [2.05, 4.69) is 4.98 Å². The molecule has 1 aromatic carbocycles. The molecule has 0 atom stereocenters. The minimum Gasteiger partial charge on any atom is -0.493 e. The molecule has 1 aromatic heterocycles. The van der Waals surface area contributed by atoms with Crippen LogP contribution in [-0.4, -0.2) is 22.7 Å². The molecule has 0 aliphatic rings. The summed E-state index contributed by atoms with van der Waals surface area (Å²) in [7, 11) is 0. The highest BCUT2D eigenvalue weighted by Crippen LogP contribution is 2.31. The molecule has 5 heteroatoms. The number of carboxylic acid groups (broad SMARTS) is 1. The van der Waals surface area contributed by atoms with Crippen molar-refractivity contribution in [2.24, 2.45) is 0 Å². The van der Waals surface area contributed by atoms with Gasteiger partial charge in [0.1, 0.15) is 10.9 Å². The van der Waals surface area contributed by atoms with E-state index in [9.17, 15) is 4.79 Å². The van der Waals surface area contributed by atoms with Crippen molar-refractivity contribution >= 4 is 17.6 Å². The van der Waals surface area contributed by atoms with Gasteiger partial charge in [0.2, 0.25) is 0 Å². The van der Waals surface area contributed by atoms with Crippen LogP contribution < -0.4 is 4.74 Å². The van der Waals surface area contributed by atoms with Crippen LogP contribution in [0.1, 0.15) is 17.3 Å². The van der Waals surface area contributed by atoms with Crippen LogP contribution in [0.5, 0.6) is 5.75 Å². The van der Waals surface area contributed by atoms with E-state index in [1.807, 2.05) is 31.2 Å². The molecule has 19 heavy (non-hydrogen) atoms. The van der Waals surface area contributed by atoms with Crippen molar-refractivity contribution in [1.29, 1.82) is 0 Å². The van der Waals surface area contributed by atoms with E-state index in [0.717, 1.165) is 5.56 Å². The number of para-hydroxylation sites is 1. The third-order valence-corrected chi connectivity index (χ3v) is 2.87. The summed E-state index contributed by atoms with van der Waals surface area (Å²) in [6.07, 6.45) is 1.53. The summed E-state index contributed by atoms with van der Waals surface area (Å²) in [5, 5.41) is 9.03. The molecule has 0 spiro atoms. The lowest BCUT2D eigenvalue weighted by Gasteiger charge is -2.10. The molecular weight excluding hydrogens is 266 g/mol. The average Bonchev–Trinajstić information content (AvgIpc) is 2.40. The highest BCUT2D eigenvalue weighted by Gasteiger charge is 2.13. The predicted molar refractivity (Wildman–Crippen MR) is 72.8 cm³/mol. The first-order valence-electron chi connectivity index (χ1n) is 5.74. The number of aromatic nitrogens is 1. The van der Waals surface area contributed by atoms with E-state index in [1.54, 1.807) is 0 Å². The molecule has 0 amide bonds. The number of benzene rings is 1. The number of halogens is 1. The number of rotatable bonds is 4. The molecule has 0 unspecified atom stereocenters. The second-order valence-electron chi connectivity index (χ2n) is 3.80. The van der Waals surface area contributed by atoms with E-state index in [4.69, 9.17) is 21.4 Å². The van der Waals surface area contributed by atoms with Crippen LogP contribution in [0.3, 0.4) is 0 Å². The van der Waals surface area contributed by atoms with Gasteiger partial charge in [0.15, 0.2) is 0 Å². The molecule has 1 N–H and O–H groups in total. The maximum absolute atomic E-state index is 11.1. The minimum absolute atomic E-state index is 0.0227. The number of pyridine rings is 1. The Kier molecular flexibility index (Phi) is 4.02. The fraction of sp³-hybridized carbons (Fsp3) is 0.143. The van der Waals surface area contributed by atoms with Crippen LogP contribution in [0.25, 0.3) is 11.1 Å². The van der Waals surface area contributed by atoms with Crippen LogP contribution in [-0.2, 0) is 0 Å². The van der Waals surface area contributed by atoms with Crippen molar-refractivity contribution < 1.29 is 14.6 Å². The van der Waals surface area contributed by atoms with Gasteiger partial charge in [-0.3, -0.25) is 0 Å². The van der Waals surface area contributed by atoms with Crippen molar-refractivity contribution in [2.45, 2.75) is 6.92 Å². The SMILES string of the molecule is CCOc1ccccc1-c1cnc(Cl)c(C(=O)O)c1. The highest BCUT2D eigenvalue weighted by atomic mass is 35.5. The second kappa shape index (κ2) is 5.71. The third kappa shape index (κ3) is 2.85. The summed E-state index contributed by atoms with van der Waals surface area (Å²) in [5.74, 6) is -0.418. The zero-order chi connectivity index (χ0) is 13.8.